The van der Waals surface area contributed by atoms with Crippen molar-refractivity contribution in [3.8, 4) is 0 Å². The standard InChI is InChI=1S/C15H20N4O3S/c1-18-13-5-3-2-4-12(13)17-14(18)6-7-16-15(20)19-8-10-23(21,22)11-9-19/h2-5H,6-11H2,1H3,(H,16,20). The molecule has 7 nitrogen and oxygen atoms in total. The van der Waals surface area contributed by atoms with Gasteiger partial charge in [0.15, 0.2) is 9.84 Å². The fourth-order valence-electron chi connectivity index (χ4n) is 2.73. The Bertz CT molecular complexity index is 814. The summed E-state index contributed by atoms with van der Waals surface area (Å²) in [6.07, 6.45) is 0.628. The molecular formula is C15H20N4O3S. The van der Waals surface area contributed by atoms with Crippen LogP contribution in [0.3, 0.4) is 0 Å². The summed E-state index contributed by atoms with van der Waals surface area (Å²) in [6.45, 7) is 1.00. The van der Waals surface area contributed by atoms with Crippen LogP contribution in [0, 0.1) is 0 Å². The van der Waals surface area contributed by atoms with E-state index in [0.29, 0.717) is 13.0 Å². The lowest BCUT2D eigenvalue weighted by Gasteiger charge is -2.26. The van der Waals surface area contributed by atoms with E-state index in [4.69, 9.17) is 0 Å². The zero-order valence-corrected chi connectivity index (χ0v) is 13.8. The van der Waals surface area contributed by atoms with Crippen molar-refractivity contribution in [3.05, 3.63) is 30.1 Å². The van der Waals surface area contributed by atoms with Gasteiger partial charge in [-0.1, -0.05) is 12.1 Å². The maximum Gasteiger partial charge on any atom is 0.317 e. The molecule has 0 unspecified atom stereocenters. The number of amides is 2. The third-order valence-electron chi connectivity index (χ3n) is 4.14. The zero-order valence-electron chi connectivity index (χ0n) is 13.0. The molecule has 1 aromatic carbocycles. The van der Waals surface area contributed by atoms with Gasteiger partial charge < -0.3 is 14.8 Å². The van der Waals surface area contributed by atoms with Gasteiger partial charge in [-0.25, -0.2) is 18.2 Å². The molecule has 1 aliphatic rings. The van der Waals surface area contributed by atoms with Crippen LogP contribution in [0.25, 0.3) is 11.0 Å². The molecule has 0 saturated carbocycles. The lowest BCUT2D eigenvalue weighted by molar-refractivity contribution is 0.202. The summed E-state index contributed by atoms with van der Waals surface area (Å²) in [5, 5.41) is 2.84. The van der Waals surface area contributed by atoms with Gasteiger partial charge in [-0.2, -0.15) is 0 Å². The summed E-state index contributed by atoms with van der Waals surface area (Å²) >= 11 is 0. The van der Waals surface area contributed by atoms with Crippen molar-refractivity contribution in [3.63, 3.8) is 0 Å². The van der Waals surface area contributed by atoms with Crippen LogP contribution in [0.1, 0.15) is 5.82 Å². The van der Waals surface area contributed by atoms with E-state index >= 15 is 0 Å². The average Bonchev–Trinajstić information content (AvgIpc) is 2.84. The van der Waals surface area contributed by atoms with Gasteiger partial charge in [0.25, 0.3) is 0 Å². The normalized spacial score (nSPS) is 17.3. The van der Waals surface area contributed by atoms with E-state index in [2.05, 4.69) is 10.3 Å². The minimum Gasteiger partial charge on any atom is -0.338 e. The fraction of sp³-hybridized carbons (Fsp3) is 0.467. The number of rotatable bonds is 3. The molecule has 1 aliphatic heterocycles. The van der Waals surface area contributed by atoms with Gasteiger partial charge in [0.1, 0.15) is 5.82 Å². The predicted molar refractivity (Wildman–Crippen MR) is 88.0 cm³/mol. The number of aryl methyl sites for hydroxylation is 1. The number of aromatic nitrogens is 2. The smallest absolute Gasteiger partial charge is 0.317 e. The zero-order chi connectivity index (χ0) is 16.4. The minimum atomic E-state index is -2.97. The first-order valence-electron chi connectivity index (χ1n) is 7.60. The third-order valence-corrected chi connectivity index (χ3v) is 5.75. The maximum absolute atomic E-state index is 12.0. The fourth-order valence-corrected chi connectivity index (χ4v) is 3.93. The molecule has 0 spiro atoms. The van der Waals surface area contributed by atoms with Crippen LogP contribution in [0.15, 0.2) is 24.3 Å². The van der Waals surface area contributed by atoms with Gasteiger partial charge in [-0.05, 0) is 12.1 Å². The van der Waals surface area contributed by atoms with Crippen molar-refractivity contribution in [2.75, 3.05) is 31.1 Å². The molecule has 1 N–H and O–H groups in total. The number of carbonyl (C=O) groups excluding carboxylic acids is 1. The highest BCUT2D eigenvalue weighted by atomic mass is 32.2. The Morgan fingerprint density at radius 1 is 1.26 bits per heavy atom. The Labute approximate surface area is 135 Å². The summed E-state index contributed by atoms with van der Waals surface area (Å²) in [4.78, 5) is 18.2. The van der Waals surface area contributed by atoms with E-state index in [9.17, 15) is 13.2 Å². The molecule has 3 rings (SSSR count). The number of hydrogen-bond acceptors (Lipinski definition) is 4. The molecule has 0 aliphatic carbocycles. The van der Waals surface area contributed by atoms with E-state index < -0.39 is 9.84 Å². The van der Waals surface area contributed by atoms with Gasteiger partial charge in [-0.3, -0.25) is 0 Å². The molecule has 1 saturated heterocycles. The first kappa shape index (κ1) is 15.8. The molecule has 1 aromatic heterocycles. The van der Waals surface area contributed by atoms with Crippen LogP contribution < -0.4 is 5.32 Å². The summed E-state index contributed by atoms with van der Waals surface area (Å²) in [6, 6.07) is 7.69. The Balaban J connectivity index is 1.54. The number of sulfone groups is 1. The van der Waals surface area contributed by atoms with Crippen LogP contribution in [0.5, 0.6) is 0 Å². The molecular weight excluding hydrogens is 316 g/mol. The summed E-state index contributed by atoms with van der Waals surface area (Å²) in [5.74, 6) is 1.00. The van der Waals surface area contributed by atoms with Crippen molar-refractivity contribution >= 4 is 26.9 Å². The van der Waals surface area contributed by atoms with E-state index in [1.54, 1.807) is 4.90 Å². The SMILES string of the molecule is Cn1c(CCNC(=O)N2CCS(=O)(=O)CC2)nc2ccccc21. The van der Waals surface area contributed by atoms with Gasteiger partial charge in [0.05, 0.1) is 22.5 Å². The molecule has 1 fully saturated rings. The van der Waals surface area contributed by atoms with Crippen molar-refractivity contribution in [1.82, 2.24) is 19.8 Å². The van der Waals surface area contributed by atoms with Crippen molar-refractivity contribution in [2.24, 2.45) is 7.05 Å². The second-order valence-corrected chi connectivity index (χ2v) is 8.00. The first-order valence-corrected chi connectivity index (χ1v) is 9.42. The second-order valence-electron chi connectivity index (χ2n) is 5.70. The molecule has 2 aromatic rings. The number of hydrogen-bond donors (Lipinski definition) is 1. The van der Waals surface area contributed by atoms with E-state index in [0.717, 1.165) is 16.9 Å². The first-order chi connectivity index (χ1) is 11.0. The van der Waals surface area contributed by atoms with E-state index in [-0.39, 0.29) is 30.6 Å². The number of carbonyl (C=O) groups is 1. The topological polar surface area (TPSA) is 84.3 Å². The second kappa shape index (κ2) is 6.19. The monoisotopic (exact) mass is 336 g/mol. The van der Waals surface area contributed by atoms with Crippen LogP contribution >= 0.6 is 0 Å². The predicted octanol–water partition coefficient (Wildman–Crippen LogP) is 0.556. The van der Waals surface area contributed by atoms with E-state index in [1.165, 1.54) is 0 Å². The van der Waals surface area contributed by atoms with Gasteiger partial charge in [0, 0.05) is 33.1 Å². The highest BCUT2D eigenvalue weighted by Crippen LogP contribution is 2.14. The van der Waals surface area contributed by atoms with Gasteiger partial charge in [-0.15, -0.1) is 0 Å². The highest BCUT2D eigenvalue weighted by molar-refractivity contribution is 7.91. The molecule has 2 amide bonds. The Hall–Kier alpha value is -2.09. The summed E-state index contributed by atoms with van der Waals surface area (Å²) in [7, 11) is -1.01. The molecule has 23 heavy (non-hydrogen) atoms. The Morgan fingerprint density at radius 2 is 1.96 bits per heavy atom. The Kier molecular flexibility index (Phi) is 4.25. The quantitative estimate of drug-likeness (QED) is 0.887. The van der Waals surface area contributed by atoms with Crippen molar-refractivity contribution in [2.45, 2.75) is 6.42 Å². The molecule has 2 heterocycles. The van der Waals surface area contributed by atoms with Crippen LogP contribution in [0.2, 0.25) is 0 Å². The molecule has 8 heteroatoms. The number of nitrogens with one attached hydrogen (secondary N) is 1. The molecule has 0 radical (unpaired) electrons. The Morgan fingerprint density at radius 3 is 2.65 bits per heavy atom. The summed E-state index contributed by atoms with van der Waals surface area (Å²) in [5.41, 5.74) is 2.01. The highest BCUT2D eigenvalue weighted by Gasteiger charge is 2.24. The van der Waals surface area contributed by atoms with Crippen LogP contribution in [-0.4, -0.2) is 60.0 Å². The van der Waals surface area contributed by atoms with Crippen LogP contribution in [-0.2, 0) is 23.3 Å². The largest absolute Gasteiger partial charge is 0.338 e. The number of urea groups is 1. The van der Waals surface area contributed by atoms with E-state index in [1.807, 2.05) is 35.9 Å². The number of benzene rings is 1. The average molecular weight is 336 g/mol. The number of nitrogens with zero attached hydrogens (tertiary/aromatic N) is 3. The molecule has 0 bridgehead atoms. The van der Waals surface area contributed by atoms with Gasteiger partial charge >= 0.3 is 6.03 Å². The lowest BCUT2D eigenvalue weighted by Crippen LogP contribution is -2.48. The lowest BCUT2D eigenvalue weighted by atomic mass is 10.3. The van der Waals surface area contributed by atoms with Crippen molar-refractivity contribution in [1.29, 1.82) is 0 Å². The van der Waals surface area contributed by atoms with Gasteiger partial charge in [0.2, 0.25) is 0 Å². The summed E-state index contributed by atoms with van der Waals surface area (Å²) < 4.78 is 24.8. The molecule has 124 valence electrons. The number of fused-ring (bicyclic) bond motifs is 1. The molecule has 0 atom stereocenters. The number of para-hydroxylation sites is 2. The maximum atomic E-state index is 12.0. The number of imidazole rings is 1. The van der Waals surface area contributed by atoms with Crippen LogP contribution in [0.4, 0.5) is 4.79 Å². The minimum absolute atomic E-state index is 0.0468. The third kappa shape index (κ3) is 3.47. The van der Waals surface area contributed by atoms with Crippen molar-refractivity contribution < 1.29 is 13.2 Å².